The van der Waals surface area contributed by atoms with Crippen molar-refractivity contribution in [3.8, 4) is 0 Å². The zero-order valence-corrected chi connectivity index (χ0v) is 11.9. The van der Waals surface area contributed by atoms with Gasteiger partial charge >= 0.3 is 0 Å². The van der Waals surface area contributed by atoms with Crippen LogP contribution < -0.4 is 5.32 Å². The fraction of sp³-hybridized carbons (Fsp3) is 0.769. The maximum atomic E-state index is 5.56. The summed E-state index contributed by atoms with van der Waals surface area (Å²) in [6, 6.07) is 2.45. The van der Waals surface area contributed by atoms with Gasteiger partial charge in [0.05, 0.1) is 25.5 Å². The molecule has 0 spiro atoms. The van der Waals surface area contributed by atoms with Crippen LogP contribution in [0.2, 0.25) is 0 Å². The molecule has 1 unspecified atom stereocenters. The monoisotopic (exact) mass is 255 g/mol. The van der Waals surface area contributed by atoms with Crippen LogP contribution in [0.3, 0.4) is 0 Å². The van der Waals surface area contributed by atoms with E-state index in [1.165, 1.54) is 5.69 Å². The van der Waals surface area contributed by atoms with E-state index in [9.17, 15) is 0 Å². The first-order chi connectivity index (χ1) is 8.71. The van der Waals surface area contributed by atoms with Crippen molar-refractivity contribution in [3.63, 3.8) is 0 Å². The Morgan fingerprint density at radius 2 is 2.22 bits per heavy atom. The largest absolute Gasteiger partial charge is 0.382 e. The molecule has 0 saturated carbocycles. The molecule has 0 aliphatic heterocycles. The summed E-state index contributed by atoms with van der Waals surface area (Å²) in [7, 11) is 3.64. The summed E-state index contributed by atoms with van der Waals surface area (Å²) in [5.74, 6) is 0. The van der Waals surface area contributed by atoms with Crippen LogP contribution in [0, 0.1) is 6.92 Å². The molecule has 1 atom stereocenters. The number of hydrogen-bond acceptors (Lipinski definition) is 4. The van der Waals surface area contributed by atoms with Gasteiger partial charge in [0.25, 0.3) is 0 Å². The van der Waals surface area contributed by atoms with Crippen LogP contribution in [-0.4, -0.2) is 49.8 Å². The van der Waals surface area contributed by atoms with Crippen LogP contribution in [-0.2, 0) is 22.4 Å². The molecule has 0 saturated heterocycles. The predicted molar refractivity (Wildman–Crippen MR) is 71.9 cm³/mol. The highest BCUT2D eigenvalue weighted by atomic mass is 16.5. The highest BCUT2D eigenvalue weighted by Gasteiger charge is 2.11. The zero-order chi connectivity index (χ0) is 13.4. The second kappa shape index (κ2) is 8.24. The first-order valence-electron chi connectivity index (χ1n) is 6.48. The Morgan fingerprint density at radius 3 is 2.83 bits per heavy atom. The van der Waals surface area contributed by atoms with Gasteiger partial charge < -0.3 is 14.8 Å². The Labute approximate surface area is 109 Å². The van der Waals surface area contributed by atoms with Gasteiger partial charge in [0.15, 0.2) is 0 Å². The molecule has 5 heteroatoms. The van der Waals surface area contributed by atoms with E-state index in [1.54, 1.807) is 7.11 Å². The molecule has 0 radical (unpaired) electrons. The first kappa shape index (κ1) is 15.1. The maximum Gasteiger partial charge on any atom is 0.0701 e. The van der Waals surface area contributed by atoms with Crippen LogP contribution in [0.4, 0.5) is 0 Å². The van der Waals surface area contributed by atoms with Crippen LogP contribution in [0.5, 0.6) is 0 Å². The summed E-state index contributed by atoms with van der Waals surface area (Å²) in [5.41, 5.74) is 2.33. The van der Waals surface area contributed by atoms with E-state index in [-0.39, 0.29) is 0 Å². The summed E-state index contributed by atoms with van der Waals surface area (Å²) in [4.78, 5) is 0. The predicted octanol–water partition coefficient (Wildman–Crippen LogP) is 1.00. The number of rotatable bonds is 9. The first-order valence-corrected chi connectivity index (χ1v) is 6.48. The summed E-state index contributed by atoms with van der Waals surface area (Å²) < 4.78 is 12.6. The van der Waals surface area contributed by atoms with Crippen molar-refractivity contribution in [2.75, 3.05) is 34.0 Å². The van der Waals surface area contributed by atoms with Crippen molar-refractivity contribution < 1.29 is 9.47 Å². The van der Waals surface area contributed by atoms with Gasteiger partial charge in [-0.1, -0.05) is 0 Å². The molecule has 0 bridgehead atoms. The van der Waals surface area contributed by atoms with Crippen molar-refractivity contribution >= 4 is 0 Å². The minimum atomic E-state index is 0.309. The van der Waals surface area contributed by atoms with E-state index in [0.717, 1.165) is 18.7 Å². The van der Waals surface area contributed by atoms with Gasteiger partial charge in [0.1, 0.15) is 0 Å². The molecule has 0 aliphatic carbocycles. The molecule has 1 rings (SSSR count). The van der Waals surface area contributed by atoms with Crippen LogP contribution >= 0.6 is 0 Å². The number of ether oxygens (including phenoxy) is 2. The number of aromatic nitrogens is 2. The van der Waals surface area contributed by atoms with Crippen LogP contribution in [0.15, 0.2) is 6.07 Å². The Hall–Kier alpha value is -0.910. The SMILES string of the molecule is CCn1nc(C)cc1CC(COCCOC)NC. The van der Waals surface area contributed by atoms with E-state index in [2.05, 4.69) is 28.1 Å². The van der Waals surface area contributed by atoms with Gasteiger partial charge in [0, 0.05) is 31.8 Å². The molecule has 104 valence electrons. The highest BCUT2D eigenvalue weighted by Crippen LogP contribution is 2.07. The molecule has 0 aliphatic rings. The van der Waals surface area contributed by atoms with Crippen LogP contribution in [0.1, 0.15) is 18.3 Å². The average molecular weight is 255 g/mol. The molecule has 0 aromatic carbocycles. The number of nitrogens with zero attached hydrogens (tertiary/aromatic N) is 2. The molecule has 1 aromatic heterocycles. The topological polar surface area (TPSA) is 48.3 Å². The Balaban J connectivity index is 2.46. The average Bonchev–Trinajstić information content (AvgIpc) is 2.73. The van der Waals surface area contributed by atoms with Crippen molar-refractivity contribution in [3.05, 3.63) is 17.5 Å². The molecule has 1 heterocycles. The molecular formula is C13H25N3O2. The third-order valence-electron chi connectivity index (χ3n) is 2.90. The summed E-state index contributed by atoms with van der Waals surface area (Å²) in [5, 5.41) is 7.74. The number of nitrogens with one attached hydrogen (secondary N) is 1. The van der Waals surface area contributed by atoms with Gasteiger partial charge in [0.2, 0.25) is 0 Å². The van der Waals surface area contributed by atoms with Gasteiger partial charge in [-0.05, 0) is 27.0 Å². The number of aryl methyl sites for hydroxylation is 2. The molecular weight excluding hydrogens is 230 g/mol. The lowest BCUT2D eigenvalue weighted by molar-refractivity contribution is 0.0595. The minimum absolute atomic E-state index is 0.309. The van der Waals surface area contributed by atoms with Crippen molar-refractivity contribution in [1.82, 2.24) is 15.1 Å². The normalized spacial score (nSPS) is 12.9. The van der Waals surface area contributed by atoms with E-state index in [0.29, 0.717) is 25.9 Å². The Morgan fingerprint density at radius 1 is 1.44 bits per heavy atom. The third-order valence-corrected chi connectivity index (χ3v) is 2.90. The van der Waals surface area contributed by atoms with Crippen LogP contribution in [0.25, 0.3) is 0 Å². The lowest BCUT2D eigenvalue weighted by atomic mass is 10.1. The molecule has 1 N–H and O–H groups in total. The van der Waals surface area contributed by atoms with E-state index in [4.69, 9.17) is 9.47 Å². The van der Waals surface area contributed by atoms with E-state index < -0.39 is 0 Å². The summed E-state index contributed by atoms with van der Waals surface area (Å²) in [6.07, 6.45) is 0.929. The molecule has 18 heavy (non-hydrogen) atoms. The van der Waals surface area contributed by atoms with Crippen molar-refractivity contribution in [2.24, 2.45) is 0 Å². The Kier molecular flexibility index (Phi) is 6.93. The molecule has 0 amide bonds. The second-order valence-corrected chi connectivity index (χ2v) is 4.35. The van der Waals surface area contributed by atoms with E-state index in [1.807, 2.05) is 14.0 Å². The highest BCUT2D eigenvalue weighted by molar-refractivity contribution is 5.10. The fourth-order valence-corrected chi connectivity index (χ4v) is 1.90. The summed E-state index contributed by atoms with van der Waals surface area (Å²) >= 11 is 0. The van der Waals surface area contributed by atoms with Gasteiger partial charge in [-0.3, -0.25) is 4.68 Å². The standard InChI is InChI=1S/C13H25N3O2/c1-5-16-13(8-11(2)15-16)9-12(14-3)10-18-7-6-17-4/h8,12,14H,5-7,9-10H2,1-4H3. The fourth-order valence-electron chi connectivity index (χ4n) is 1.90. The number of likely N-dealkylation sites (N-methyl/N-ethyl adjacent to an activating group) is 1. The Bertz CT molecular complexity index is 339. The lowest BCUT2D eigenvalue weighted by Crippen LogP contribution is -2.33. The molecule has 0 fully saturated rings. The van der Waals surface area contributed by atoms with Crippen molar-refractivity contribution in [2.45, 2.75) is 32.9 Å². The minimum Gasteiger partial charge on any atom is -0.382 e. The van der Waals surface area contributed by atoms with Gasteiger partial charge in [-0.2, -0.15) is 5.10 Å². The van der Waals surface area contributed by atoms with Crippen molar-refractivity contribution in [1.29, 1.82) is 0 Å². The quantitative estimate of drug-likeness (QED) is 0.669. The number of methoxy groups -OCH3 is 1. The second-order valence-electron chi connectivity index (χ2n) is 4.35. The van der Waals surface area contributed by atoms with E-state index >= 15 is 0 Å². The van der Waals surface area contributed by atoms with Gasteiger partial charge in [-0.25, -0.2) is 0 Å². The number of hydrogen-bond donors (Lipinski definition) is 1. The lowest BCUT2D eigenvalue weighted by Gasteiger charge is -2.16. The zero-order valence-electron chi connectivity index (χ0n) is 11.9. The molecule has 1 aromatic rings. The maximum absolute atomic E-state index is 5.56. The summed E-state index contributed by atoms with van der Waals surface area (Å²) in [6.45, 7) is 7.01. The third kappa shape index (κ3) is 4.76. The molecule has 5 nitrogen and oxygen atoms in total. The van der Waals surface area contributed by atoms with Gasteiger partial charge in [-0.15, -0.1) is 0 Å². The smallest absolute Gasteiger partial charge is 0.0701 e.